The van der Waals surface area contributed by atoms with Gasteiger partial charge in [-0.1, -0.05) is 0 Å². The average molecular weight is 250 g/mol. The highest BCUT2D eigenvalue weighted by Gasteiger charge is 2.42. The summed E-state index contributed by atoms with van der Waals surface area (Å²) in [5.74, 6) is 1.05. The van der Waals surface area contributed by atoms with E-state index in [1.165, 1.54) is 25.7 Å². The van der Waals surface area contributed by atoms with Crippen LogP contribution in [0.4, 0.5) is 0 Å². The van der Waals surface area contributed by atoms with Gasteiger partial charge in [0, 0.05) is 32.7 Å². The Bertz CT molecular complexity index is 399. The van der Waals surface area contributed by atoms with Crippen LogP contribution in [0.1, 0.15) is 37.9 Å². The third kappa shape index (κ3) is 2.42. The molecule has 0 radical (unpaired) electrons. The van der Waals surface area contributed by atoms with Crippen molar-refractivity contribution in [3.05, 3.63) is 12.2 Å². The van der Waals surface area contributed by atoms with E-state index in [1.54, 1.807) is 6.33 Å². The minimum atomic E-state index is 0.237. The van der Waals surface area contributed by atoms with Gasteiger partial charge in [0.2, 0.25) is 0 Å². The van der Waals surface area contributed by atoms with Crippen LogP contribution in [0.5, 0.6) is 0 Å². The number of ether oxygens (including phenoxy) is 1. The molecule has 1 saturated heterocycles. The summed E-state index contributed by atoms with van der Waals surface area (Å²) in [6.45, 7) is 1.90. The number of aryl methyl sites for hydroxylation is 1. The molecule has 0 aromatic carbocycles. The van der Waals surface area contributed by atoms with E-state index in [0.29, 0.717) is 6.04 Å². The van der Waals surface area contributed by atoms with Crippen molar-refractivity contribution in [2.24, 2.45) is 7.05 Å². The molecule has 18 heavy (non-hydrogen) atoms. The minimum absolute atomic E-state index is 0.237. The Labute approximate surface area is 108 Å². The number of rotatable bonds is 4. The maximum Gasteiger partial charge on any atom is 0.133 e. The third-order valence-corrected chi connectivity index (χ3v) is 4.34. The van der Waals surface area contributed by atoms with E-state index in [2.05, 4.69) is 15.5 Å². The summed E-state index contributed by atoms with van der Waals surface area (Å²) in [6, 6.07) is 0.618. The third-order valence-electron chi connectivity index (χ3n) is 4.34. The molecule has 1 atom stereocenters. The van der Waals surface area contributed by atoms with Gasteiger partial charge in [0.15, 0.2) is 0 Å². The Kier molecular flexibility index (Phi) is 3.35. The lowest BCUT2D eigenvalue weighted by molar-refractivity contribution is -0.135. The van der Waals surface area contributed by atoms with Gasteiger partial charge in [-0.05, 0) is 32.1 Å². The van der Waals surface area contributed by atoms with Crippen LogP contribution >= 0.6 is 0 Å². The van der Waals surface area contributed by atoms with Gasteiger partial charge in [-0.3, -0.25) is 0 Å². The summed E-state index contributed by atoms with van der Waals surface area (Å²) in [7, 11) is 1.99. The molecule has 100 valence electrons. The number of aromatic nitrogens is 3. The first-order valence-electron chi connectivity index (χ1n) is 6.98. The second kappa shape index (κ2) is 4.97. The molecule has 2 fully saturated rings. The highest BCUT2D eigenvalue weighted by molar-refractivity contribution is 4.96. The van der Waals surface area contributed by atoms with Gasteiger partial charge in [-0.25, -0.2) is 0 Å². The molecule has 0 bridgehead atoms. The second-order valence-electron chi connectivity index (χ2n) is 5.64. The molecule has 5 heteroatoms. The monoisotopic (exact) mass is 250 g/mol. The summed E-state index contributed by atoms with van der Waals surface area (Å²) in [5.41, 5.74) is 0.237. The Balaban J connectivity index is 1.44. The predicted molar refractivity (Wildman–Crippen MR) is 68.3 cm³/mol. The Morgan fingerprint density at radius 2 is 2.44 bits per heavy atom. The van der Waals surface area contributed by atoms with Crippen molar-refractivity contribution in [1.29, 1.82) is 0 Å². The van der Waals surface area contributed by atoms with Crippen LogP contribution in [0.15, 0.2) is 6.33 Å². The minimum Gasteiger partial charge on any atom is -0.375 e. The summed E-state index contributed by atoms with van der Waals surface area (Å²) >= 11 is 0. The van der Waals surface area contributed by atoms with Crippen LogP contribution in [-0.2, 0) is 18.2 Å². The summed E-state index contributed by atoms with van der Waals surface area (Å²) in [6.07, 6.45) is 8.88. The normalized spacial score (nSPS) is 26.2. The molecule has 1 N–H and O–H groups in total. The lowest BCUT2D eigenvalue weighted by Gasteiger charge is -2.47. The van der Waals surface area contributed by atoms with Gasteiger partial charge in [0.05, 0.1) is 5.60 Å². The van der Waals surface area contributed by atoms with Gasteiger partial charge >= 0.3 is 0 Å². The van der Waals surface area contributed by atoms with Crippen LogP contribution < -0.4 is 5.32 Å². The molecular formula is C13H22N4O. The molecule has 1 aliphatic carbocycles. The van der Waals surface area contributed by atoms with Crippen LogP contribution in [0, 0.1) is 0 Å². The predicted octanol–water partition coefficient (Wildman–Crippen LogP) is 1.05. The van der Waals surface area contributed by atoms with E-state index in [4.69, 9.17) is 4.74 Å². The van der Waals surface area contributed by atoms with E-state index in [-0.39, 0.29) is 5.60 Å². The fourth-order valence-corrected chi connectivity index (χ4v) is 3.04. The SMILES string of the molecule is Cn1cnnc1CCNC1CCOC2(CCC2)C1. The first-order valence-corrected chi connectivity index (χ1v) is 6.98. The van der Waals surface area contributed by atoms with Gasteiger partial charge in [0.25, 0.3) is 0 Å². The van der Waals surface area contributed by atoms with Crippen molar-refractivity contribution in [3.63, 3.8) is 0 Å². The van der Waals surface area contributed by atoms with E-state index >= 15 is 0 Å². The van der Waals surface area contributed by atoms with Crippen molar-refractivity contribution in [2.75, 3.05) is 13.2 Å². The van der Waals surface area contributed by atoms with E-state index in [1.807, 2.05) is 11.6 Å². The Morgan fingerprint density at radius 1 is 1.56 bits per heavy atom. The van der Waals surface area contributed by atoms with Crippen LogP contribution in [0.2, 0.25) is 0 Å². The number of nitrogens with zero attached hydrogens (tertiary/aromatic N) is 3. The molecule has 1 aliphatic heterocycles. The molecule has 1 aromatic heterocycles. The fourth-order valence-electron chi connectivity index (χ4n) is 3.04. The van der Waals surface area contributed by atoms with E-state index < -0.39 is 0 Å². The lowest BCUT2D eigenvalue weighted by atomic mass is 9.74. The van der Waals surface area contributed by atoms with Crippen molar-refractivity contribution in [1.82, 2.24) is 20.1 Å². The molecule has 5 nitrogen and oxygen atoms in total. The van der Waals surface area contributed by atoms with Crippen molar-refractivity contribution < 1.29 is 4.74 Å². The fraction of sp³-hybridized carbons (Fsp3) is 0.846. The number of nitrogens with one attached hydrogen (secondary N) is 1. The smallest absolute Gasteiger partial charge is 0.133 e. The Morgan fingerprint density at radius 3 is 3.11 bits per heavy atom. The standard InChI is InChI=1S/C13H22N4O/c1-17-10-15-16-12(17)3-7-14-11-4-8-18-13(9-11)5-2-6-13/h10-11,14H,2-9H2,1H3. The number of hydrogen-bond donors (Lipinski definition) is 1. The van der Waals surface area contributed by atoms with E-state index in [0.717, 1.165) is 31.8 Å². The van der Waals surface area contributed by atoms with Gasteiger partial charge in [0.1, 0.15) is 12.2 Å². The zero-order valence-corrected chi connectivity index (χ0v) is 11.1. The average Bonchev–Trinajstić information content (AvgIpc) is 2.74. The second-order valence-corrected chi connectivity index (χ2v) is 5.64. The van der Waals surface area contributed by atoms with Crippen molar-refractivity contribution >= 4 is 0 Å². The highest BCUT2D eigenvalue weighted by Crippen LogP contribution is 2.42. The van der Waals surface area contributed by atoms with Crippen LogP contribution in [-0.4, -0.2) is 39.6 Å². The topological polar surface area (TPSA) is 52.0 Å². The molecule has 2 heterocycles. The zero-order valence-electron chi connectivity index (χ0n) is 11.1. The van der Waals surface area contributed by atoms with Gasteiger partial charge in [-0.15, -0.1) is 10.2 Å². The lowest BCUT2D eigenvalue weighted by Crippen LogP contribution is -2.51. The molecule has 2 aliphatic rings. The van der Waals surface area contributed by atoms with Crippen molar-refractivity contribution in [2.45, 2.75) is 50.2 Å². The van der Waals surface area contributed by atoms with Crippen molar-refractivity contribution in [3.8, 4) is 0 Å². The molecule has 1 unspecified atom stereocenters. The molecule has 1 saturated carbocycles. The quantitative estimate of drug-likeness (QED) is 0.868. The molecule has 0 amide bonds. The Hall–Kier alpha value is -0.940. The first kappa shape index (κ1) is 12.1. The molecular weight excluding hydrogens is 228 g/mol. The number of hydrogen-bond acceptors (Lipinski definition) is 4. The van der Waals surface area contributed by atoms with E-state index in [9.17, 15) is 0 Å². The zero-order chi connectivity index (χ0) is 12.4. The van der Waals surface area contributed by atoms with Crippen LogP contribution in [0.3, 0.4) is 0 Å². The molecule has 1 aromatic rings. The first-order chi connectivity index (χ1) is 8.77. The van der Waals surface area contributed by atoms with Gasteiger partial charge < -0.3 is 14.6 Å². The highest BCUT2D eigenvalue weighted by atomic mass is 16.5. The summed E-state index contributed by atoms with van der Waals surface area (Å²) < 4.78 is 7.92. The van der Waals surface area contributed by atoms with Gasteiger partial charge in [-0.2, -0.15) is 0 Å². The summed E-state index contributed by atoms with van der Waals surface area (Å²) in [4.78, 5) is 0. The summed E-state index contributed by atoms with van der Waals surface area (Å²) in [5, 5.41) is 11.6. The molecule has 3 rings (SSSR count). The maximum atomic E-state index is 5.94. The largest absolute Gasteiger partial charge is 0.375 e. The molecule has 1 spiro atoms. The van der Waals surface area contributed by atoms with Crippen LogP contribution in [0.25, 0.3) is 0 Å². The maximum absolute atomic E-state index is 5.94.